The average Bonchev–Trinajstić information content (AvgIpc) is 2.87. The summed E-state index contributed by atoms with van der Waals surface area (Å²) in [6.07, 6.45) is 10.7. The Kier molecular flexibility index (Phi) is 6.24. The van der Waals surface area contributed by atoms with Crippen molar-refractivity contribution in [3.05, 3.63) is 72.6 Å². The Labute approximate surface area is 202 Å². The van der Waals surface area contributed by atoms with E-state index in [0.717, 1.165) is 53.6 Å². The molecule has 1 aliphatic carbocycles. The van der Waals surface area contributed by atoms with Crippen molar-refractivity contribution in [1.82, 2.24) is 15.0 Å². The zero-order valence-electron chi connectivity index (χ0n) is 19.0. The Hall–Kier alpha value is -4.11. The van der Waals surface area contributed by atoms with Crippen LogP contribution in [0.5, 0.6) is 0 Å². The molecule has 3 aromatic heterocycles. The van der Waals surface area contributed by atoms with Gasteiger partial charge in [-0.2, -0.15) is 0 Å². The van der Waals surface area contributed by atoms with Gasteiger partial charge in [-0.15, -0.1) is 0 Å². The number of amides is 1. The van der Waals surface area contributed by atoms with Crippen LogP contribution in [0.25, 0.3) is 21.9 Å². The molecule has 1 aromatic carbocycles. The molecule has 1 amide bonds. The number of pyridine rings is 3. The van der Waals surface area contributed by atoms with Gasteiger partial charge in [-0.05, 0) is 48.1 Å². The number of rotatable bonds is 6. The molecule has 0 saturated heterocycles. The number of primary amides is 1. The zero-order chi connectivity index (χ0) is 24.4. The fourth-order valence-corrected chi connectivity index (χ4v) is 4.45. The zero-order valence-corrected chi connectivity index (χ0v) is 19.0. The second kappa shape index (κ2) is 9.63. The third-order valence-electron chi connectivity index (χ3n) is 6.36. The Balaban J connectivity index is 1.46. The number of hydrogen-bond acceptors (Lipinski definition) is 7. The van der Waals surface area contributed by atoms with Gasteiger partial charge in [0.15, 0.2) is 11.6 Å². The first kappa shape index (κ1) is 22.7. The van der Waals surface area contributed by atoms with Gasteiger partial charge in [0.1, 0.15) is 5.82 Å². The molecule has 178 valence electrons. The molecule has 9 heteroatoms. The highest BCUT2D eigenvalue weighted by atomic mass is 19.1. The normalized spacial score (nSPS) is 17.8. The number of carbonyl (C=O) groups is 1. The van der Waals surface area contributed by atoms with Crippen molar-refractivity contribution in [2.45, 2.75) is 37.8 Å². The molecular weight excluding hydrogens is 445 g/mol. The Bertz CT molecular complexity index is 1390. The maximum Gasteiger partial charge on any atom is 0.252 e. The van der Waals surface area contributed by atoms with E-state index in [0.29, 0.717) is 5.69 Å². The minimum absolute atomic E-state index is 0.0344. The smallest absolute Gasteiger partial charge is 0.252 e. The lowest BCUT2D eigenvalue weighted by Gasteiger charge is -2.30. The molecule has 6 N–H and O–H groups in total. The third-order valence-corrected chi connectivity index (χ3v) is 6.36. The van der Waals surface area contributed by atoms with Gasteiger partial charge in [-0.1, -0.05) is 25.0 Å². The van der Waals surface area contributed by atoms with E-state index < -0.39 is 11.7 Å². The summed E-state index contributed by atoms with van der Waals surface area (Å²) in [6, 6.07) is 10.8. The van der Waals surface area contributed by atoms with Crippen molar-refractivity contribution in [2.24, 2.45) is 11.5 Å². The molecule has 0 radical (unpaired) electrons. The van der Waals surface area contributed by atoms with Gasteiger partial charge in [0.05, 0.1) is 17.4 Å². The molecule has 2 atom stereocenters. The lowest BCUT2D eigenvalue weighted by atomic mass is 9.91. The average molecular weight is 472 g/mol. The quantitative estimate of drug-likeness (QED) is 0.329. The molecule has 4 aromatic rings. The Morgan fingerprint density at radius 3 is 2.63 bits per heavy atom. The van der Waals surface area contributed by atoms with Crippen molar-refractivity contribution in [3.63, 3.8) is 0 Å². The van der Waals surface area contributed by atoms with Gasteiger partial charge in [0, 0.05) is 41.6 Å². The van der Waals surface area contributed by atoms with E-state index in [1.54, 1.807) is 18.6 Å². The summed E-state index contributed by atoms with van der Waals surface area (Å²) in [4.78, 5) is 24.9. The molecule has 1 saturated carbocycles. The maximum absolute atomic E-state index is 14.8. The number of carbonyl (C=O) groups excluding carboxylic acids is 1. The molecular formula is C26H26FN7O. The van der Waals surface area contributed by atoms with E-state index >= 15 is 0 Å². The Morgan fingerprint density at radius 1 is 0.943 bits per heavy atom. The number of benzene rings is 1. The van der Waals surface area contributed by atoms with Crippen molar-refractivity contribution in [1.29, 1.82) is 0 Å². The molecule has 35 heavy (non-hydrogen) atoms. The van der Waals surface area contributed by atoms with E-state index in [1.165, 1.54) is 0 Å². The van der Waals surface area contributed by atoms with Crippen LogP contribution >= 0.6 is 0 Å². The van der Waals surface area contributed by atoms with Gasteiger partial charge < -0.3 is 22.1 Å². The number of nitrogens with one attached hydrogen (secondary N) is 2. The van der Waals surface area contributed by atoms with Crippen LogP contribution in [0.3, 0.4) is 0 Å². The van der Waals surface area contributed by atoms with E-state index in [4.69, 9.17) is 11.5 Å². The van der Waals surface area contributed by atoms with Crippen molar-refractivity contribution >= 4 is 34.0 Å². The second-order valence-corrected chi connectivity index (χ2v) is 8.80. The lowest BCUT2D eigenvalue weighted by Crippen LogP contribution is -2.43. The van der Waals surface area contributed by atoms with Crippen LogP contribution in [0.1, 0.15) is 36.0 Å². The highest BCUT2D eigenvalue weighted by Gasteiger charge is 2.24. The molecule has 0 spiro atoms. The van der Waals surface area contributed by atoms with Gasteiger partial charge in [0.25, 0.3) is 5.91 Å². The fraction of sp³-hybridized carbons (Fsp3) is 0.231. The molecule has 0 bridgehead atoms. The molecule has 0 aliphatic heterocycles. The first-order valence-corrected chi connectivity index (χ1v) is 11.6. The van der Waals surface area contributed by atoms with Crippen LogP contribution in [0, 0.1) is 5.82 Å². The molecule has 1 aliphatic rings. The summed E-state index contributed by atoms with van der Waals surface area (Å²) in [5, 5.41) is 8.32. The summed E-state index contributed by atoms with van der Waals surface area (Å²) in [5.41, 5.74) is 14.1. The number of hydrogen-bond donors (Lipinski definition) is 4. The fourth-order valence-electron chi connectivity index (χ4n) is 4.45. The van der Waals surface area contributed by atoms with E-state index in [1.807, 2.05) is 30.5 Å². The minimum atomic E-state index is -0.785. The van der Waals surface area contributed by atoms with Crippen LogP contribution in [-0.2, 0) is 0 Å². The summed E-state index contributed by atoms with van der Waals surface area (Å²) >= 11 is 0. The number of anilines is 3. The van der Waals surface area contributed by atoms with Gasteiger partial charge in [-0.25, -0.2) is 9.37 Å². The summed E-state index contributed by atoms with van der Waals surface area (Å²) < 4.78 is 14.8. The van der Waals surface area contributed by atoms with Crippen molar-refractivity contribution < 1.29 is 9.18 Å². The highest BCUT2D eigenvalue weighted by Crippen LogP contribution is 2.29. The van der Waals surface area contributed by atoms with E-state index in [9.17, 15) is 9.18 Å². The number of halogens is 1. The molecule has 1 fully saturated rings. The van der Waals surface area contributed by atoms with Gasteiger partial charge >= 0.3 is 0 Å². The van der Waals surface area contributed by atoms with Gasteiger partial charge in [0.2, 0.25) is 0 Å². The standard InChI is InChI=1S/C26H26FN7O/c27-21-11-20(24(29)35)25(34-26(21)33-23-4-2-1-3-22(23)28)32-19-10-18(13-31-14-19)15-5-6-17-12-30-8-7-16(17)9-15/h5-14,22-23H,1-4,28H2,(H2,29,35)(H2,32,33,34)/t22-,23?/m0/s1. The molecule has 5 rings (SSSR count). The summed E-state index contributed by atoms with van der Waals surface area (Å²) in [7, 11) is 0. The maximum atomic E-state index is 14.8. The topological polar surface area (TPSA) is 132 Å². The number of nitrogens with zero attached hydrogens (tertiary/aromatic N) is 3. The van der Waals surface area contributed by atoms with Crippen LogP contribution in [0.2, 0.25) is 0 Å². The molecule has 3 heterocycles. The first-order valence-electron chi connectivity index (χ1n) is 11.6. The second-order valence-electron chi connectivity index (χ2n) is 8.80. The van der Waals surface area contributed by atoms with Crippen molar-refractivity contribution in [2.75, 3.05) is 10.6 Å². The number of aromatic nitrogens is 3. The predicted molar refractivity (Wildman–Crippen MR) is 135 cm³/mol. The molecule has 1 unspecified atom stereocenters. The van der Waals surface area contributed by atoms with E-state index in [2.05, 4.69) is 31.7 Å². The molecule has 8 nitrogen and oxygen atoms in total. The van der Waals surface area contributed by atoms with E-state index in [-0.39, 0.29) is 29.3 Å². The monoisotopic (exact) mass is 471 g/mol. The first-order chi connectivity index (χ1) is 17.0. The Morgan fingerprint density at radius 2 is 1.80 bits per heavy atom. The van der Waals surface area contributed by atoms with Crippen molar-refractivity contribution in [3.8, 4) is 11.1 Å². The largest absolute Gasteiger partial charge is 0.365 e. The highest BCUT2D eigenvalue weighted by molar-refractivity contribution is 5.98. The summed E-state index contributed by atoms with van der Waals surface area (Å²) in [6.45, 7) is 0. The minimum Gasteiger partial charge on any atom is -0.365 e. The predicted octanol–water partition coefficient (Wildman–Crippen LogP) is 4.36. The van der Waals surface area contributed by atoms with Crippen LogP contribution in [-0.4, -0.2) is 32.9 Å². The van der Waals surface area contributed by atoms with Crippen LogP contribution < -0.4 is 22.1 Å². The lowest BCUT2D eigenvalue weighted by molar-refractivity contribution is 0.100. The summed E-state index contributed by atoms with van der Waals surface area (Å²) in [5.74, 6) is -1.26. The SMILES string of the molecule is NC(=O)c1cc(F)c(NC2CCCC[C@@H]2N)nc1Nc1cncc(-c2ccc3cnccc3c2)c1. The van der Waals surface area contributed by atoms with Gasteiger partial charge in [-0.3, -0.25) is 14.8 Å². The third kappa shape index (κ3) is 4.90. The van der Waals surface area contributed by atoms with Crippen LogP contribution in [0.4, 0.5) is 21.7 Å². The van der Waals surface area contributed by atoms with Crippen LogP contribution in [0.15, 0.2) is 61.2 Å². The number of fused-ring (bicyclic) bond motifs is 1. The number of nitrogens with two attached hydrogens (primary N) is 2.